The number of nitrogens with one attached hydrogen (secondary N) is 1. The number of hydrogen-bond acceptors (Lipinski definition) is 3. The van der Waals surface area contributed by atoms with Crippen molar-refractivity contribution in [2.45, 2.75) is 0 Å². The highest BCUT2D eigenvalue weighted by molar-refractivity contribution is 6.29. The van der Waals surface area contributed by atoms with Crippen LogP contribution in [0.1, 0.15) is 10.5 Å². The van der Waals surface area contributed by atoms with Crippen molar-refractivity contribution in [1.82, 2.24) is 14.5 Å². The number of hydrogen-bond donors (Lipinski definition) is 1. The van der Waals surface area contributed by atoms with E-state index in [-0.39, 0.29) is 5.91 Å². The van der Waals surface area contributed by atoms with Crippen LogP contribution in [0.2, 0.25) is 5.15 Å². The van der Waals surface area contributed by atoms with E-state index in [9.17, 15) is 4.79 Å². The quantitative estimate of drug-likeness (QED) is 0.808. The largest absolute Gasteiger partial charge is 0.340 e. The number of imidazole rings is 1. The maximum Gasteiger partial charge on any atom is 0.276 e. The van der Waals surface area contributed by atoms with E-state index in [0.717, 1.165) is 0 Å². The second-order valence-electron chi connectivity index (χ2n) is 3.22. The predicted octanol–water partition coefficient (Wildman–Crippen LogP) is 1.72. The zero-order chi connectivity index (χ0) is 11.5. The number of pyridine rings is 1. The molecule has 5 nitrogen and oxygen atoms in total. The van der Waals surface area contributed by atoms with E-state index in [1.807, 2.05) is 0 Å². The van der Waals surface area contributed by atoms with Gasteiger partial charge in [0.2, 0.25) is 0 Å². The molecule has 1 amide bonds. The van der Waals surface area contributed by atoms with Gasteiger partial charge < -0.3 is 9.88 Å². The number of halogens is 1. The van der Waals surface area contributed by atoms with Crippen molar-refractivity contribution in [2.24, 2.45) is 7.05 Å². The lowest BCUT2D eigenvalue weighted by Gasteiger charge is -2.01. The van der Waals surface area contributed by atoms with Crippen LogP contribution in [0.3, 0.4) is 0 Å². The van der Waals surface area contributed by atoms with Gasteiger partial charge in [0.1, 0.15) is 16.7 Å². The number of carbonyl (C=O) groups excluding carboxylic acids is 1. The maximum absolute atomic E-state index is 11.7. The Morgan fingerprint density at radius 2 is 2.31 bits per heavy atom. The lowest BCUT2D eigenvalue weighted by Crippen LogP contribution is -2.13. The van der Waals surface area contributed by atoms with E-state index in [4.69, 9.17) is 11.6 Å². The Kier molecular flexibility index (Phi) is 2.87. The average Bonchev–Trinajstić information content (AvgIpc) is 2.65. The fourth-order valence-electron chi connectivity index (χ4n) is 1.19. The second kappa shape index (κ2) is 4.32. The Balaban J connectivity index is 2.13. The molecule has 0 fully saturated rings. The molecule has 16 heavy (non-hydrogen) atoms. The molecular formula is C10H9ClN4O. The molecule has 0 bridgehead atoms. The minimum Gasteiger partial charge on any atom is -0.340 e. The van der Waals surface area contributed by atoms with Crippen LogP contribution < -0.4 is 5.32 Å². The van der Waals surface area contributed by atoms with Crippen molar-refractivity contribution in [1.29, 1.82) is 0 Å². The van der Waals surface area contributed by atoms with Gasteiger partial charge in [0.05, 0.1) is 6.33 Å². The summed E-state index contributed by atoms with van der Waals surface area (Å²) >= 11 is 5.70. The fraction of sp³-hybridized carbons (Fsp3) is 0.100. The first kappa shape index (κ1) is 10.6. The third kappa shape index (κ3) is 2.38. The summed E-state index contributed by atoms with van der Waals surface area (Å²) in [5.41, 5.74) is 0.337. The molecule has 0 saturated heterocycles. The van der Waals surface area contributed by atoms with Crippen LogP contribution in [0.4, 0.5) is 5.82 Å². The lowest BCUT2D eigenvalue weighted by atomic mass is 10.4. The van der Waals surface area contributed by atoms with Crippen LogP contribution >= 0.6 is 11.6 Å². The molecule has 0 aliphatic rings. The van der Waals surface area contributed by atoms with Crippen molar-refractivity contribution in [3.63, 3.8) is 0 Å². The van der Waals surface area contributed by atoms with Crippen molar-refractivity contribution >= 4 is 23.3 Å². The Bertz CT molecular complexity index is 523. The molecule has 2 aromatic rings. The molecule has 1 N–H and O–H groups in total. The molecule has 0 saturated carbocycles. The fourth-order valence-corrected chi connectivity index (χ4v) is 1.35. The molecule has 0 radical (unpaired) electrons. The minimum atomic E-state index is -0.310. The van der Waals surface area contributed by atoms with Crippen LogP contribution in [0, 0.1) is 0 Å². The normalized spacial score (nSPS) is 10.1. The van der Waals surface area contributed by atoms with Crippen LogP contribution in [0.15, 0.2) is 30.7 Å². The first-order valence-corrected chi connectivity index (χ1v) is 4.95. The number of aryl methyl sites for hydroxylation is 1. The molecule has 0 aliphatic carbocycles. The second-order valence-corrected chi connectivity index (χ2v) is 3.61. The number of nitrogens with zero attached hydrogens (tertiary/aromatic N) is 3. The molecule has 2 rings (SSSR count). The molecule has 0 aromatic carbocycles. The summed E-state index contributed by atoms with van der Waals surface area (Å²) in [6, 6.07) is 5.01. The number of anilines is 1. The third-order valence-electron chi connectivity index (χ3n) is 1.89. The van der Waals surface area contributed by atoms with Gasteiger partial charge in [-0.15, -0.1) is 0 Å². The monoisotopic (exact) mass is 236 g/mol. The smallest absolute Gasteiger partial charge is 0.276 e. The van der Waals surface area contributed by atoms with Crippen molar-refractivity contribution in [3.8, 4) is 0 Å². The SMILES string of the molecule is Cn1cnc(C(=O)Nc2cccc(Cl)n2)c1. The Hall–Kier alpha value is -1.88. The van der Waals surface area contributed by atoms with Crippen LogP contribution in [-0.4, -0.2) is 20.4 Å². The summed E-state index contributed by atoms with van der Waals surface area (Å²) in [5.74, 6) is 0.0959. The van der Waals surface area contributed by atoms with Crippen LogP contribution in [-0.2, 0) is 7.05 Å². The topological polar surface area (TPSA) is 59.8 Å². The summed E-state index contributed by atoms with van der Waals surface area (Å²) in [6.07, 6.45) is 3.18. The molecule has 0 unspecified atom stereocenters. The van der Waals surface area contributed by atoms with E-state index in [1.165, 1.54) is 0 Å². The van der Waals surface area contributed by atoms with Gasteiger partial charge in [-0.05, 0) is 12.1 Å². The first-order valence-electron chi connectivity index (χ1n) is 4.57. The molecule has 0 spiro atoms. The van der Waals surface area contributed by atoms with Crippen LogP contribution in [0.5, 0.6) is 0 Å². The number of carbonyl (C=O) groups is 1. The van der Waals surface area contributed by atoms with E-state index in [1.54, 1.807) is 42.3 Å². The van der Waals surface area contributed by atoms with Crippen LogP contribution in [0.25, 0.3) is 0 Å². The standard InChI is InChI=1S/C10H9ClN4O/c1-15-5-7(12-6-15)10(16)14-9-4-2-3-8(11)13-9/h2-6H,1H3,(H,13,14,16). The Labute approximate surface area is 97.1 Å². The van der Waals surface area contributed by atoms with Gasteiger partial charge >= 0.3 is 0 Å². The van der Waals surface area contributed by atoms with E-state index >= 15 is 0 Å². The third-order valence-corrected chi connectivity index (χ3v) is 2.10. The van der Waals surface area contributed by atoms with Gasteiger partial charge in [-0.3, -0.25) is 4.79 Å². The summed E-state index contributed by atoms with van der Waals surface area (Å²) in [7, 11) is 1.79. The summed E-state index contributed by atoms with van der Waals surface area (Å²) in [4.78, 5) is 19.5. The van der Waals surface area contributed by atoms with Gasteiger partial charge in [0, 0.05) is 13.2 Å². The predicted molar refractivity (Wildman–Crippen MR) is 60.4 cm³/mol. The highest BCUT2D eigenvalue weighted by atomic mass is 35.5. The summed E-state index contributed by atoms with van der Waals surface area (Å²) in [5, 5.41) is 2.93. The Morgan fingerprint density at radius 1 is 1.50 bits per heavy atom. The Morgan fingerprint density at radius 3 is 2.94 bits per heavy atom. The number of rotatable bonds is 2. The molecule has 2 heterocycles. The van der Waals surface area contributed by atoms with Gasteiger partial charge in [0.25, 0.3) is 5.91 Å². The lowest BCUT2D eigenvalue weighted by molar-refractivity contribution is 0.102. The van der Waals surface area contributed by atoms with E-state index < -0.39 is 0 Å². The summed E-state index contributed by atoms with van der Waals surface area (Å²) in [6.45, 7) is 0. The molecular weight excluding hydrogens is 228 g/mol. The maximum atomic E-state index is 11.7. The average molecular weight is 237 g/mol. The van der Waals surface area contributed by atoms with E-state index in [0.29, 0.717) is 16.7 Å². The van der Waals surface area contributed by atoms with Gasteiger partial charge in [0.15, 0.2) is 0 Å². The zero-order valence-electron chi connectivity index (χ0n) is 8.51. The molecule has 0 aliphatic heterocycles. The highest BCUT2D eigenvalue weighted by Gasteiger charge is 2.09. The zero-order valence-corrected chi connectivity index (χ0v) is 9.27. The molecule has 82 valence electrons. The van der Waals surface area contributed by atoms with Gasteiger partial charge in [-0.25, -0.2) is 9.97 Å². The highest BCUT2D eigenvalue weighted by Crippen LogP contribution is 2.10. The molecule has 6 heteroatoms. The minimum absolute atomic E-state index is 0.310. The summed E-state index contributed by atoms with van der Waals surface area (Å²) < 4.78 is 1.69. The van der Waals surface area contributed by atoms with Gasteiger partial charge in [-0.1, -0.05) is 17.7 Å². The van der Waals surface area contributed by atoms with Crippen molar-refractivity contribution in [2.75, 3.05) is 5.32 Å². The number of aromatic nitrogens is 3. The van der Waals surface area contributed by atoms with E-state index in [2.05, 4.69) is 15.3 Å². The van der Waals surface area contributed by atoms with Gasteiger partial charge in [-0.2, -0.15) is 0 Å². The first-order chi connectivity index (χ1) is 7.65. The van der Waals surface area contributed by atoms with Crippen molar-refractivity contribution < 1.29 is 4.79 Å². The molecule has 2 aromatic heterocycles. The number of amides is 1. The van der Waals surface area contributed by atoms with Crippen molar-refractivity contribution in [3.05, 3.63) is 41.6 Å². The molecule has 0 atom stereocenters.